The molecule has 18 heavy (non-hydrogen) atoms. The van der Waals surface area contributed by atoms with E-state index in [0.717, 1.165) is 0 Å². The number of carbonyl (C=O) groups excluding carboxylic acids is 1. The monoisotopic (exact) mass is 257 g/mol. The molecule has 0 spiro atoms. The van der Waals surface area contributed by atoms with E-state index in [9.17, 15) is 9.59 Å². The summed E-state index contributed by atoms with van der Waals surface area (Å²) in [5.74, 6) is -1.10. The Hall–Kier alpha value is -1.26. The van der Waals surface area contributed by atoms with Crippen molar-refractivity contribution in [1.29, 1.82) is 0 Å². The fourth-order valence-electron chi connectivity index (χ4n) is 1.71. The van der Waals surface area contributed by atoms with Gasteiger partial charge in [0.2, 0.25) is 0 Å². The van der Waals surface area contributed by atoms with E-state index in [0.29, 0.717) is 25.9 Å². The predicted octanol–water partition coefficient (Wildman–Crippen LogP) is 2.35. The molecule has 0 aromatic heterocycles. The van der Waals surface area contributed by atoms with Crippen LogP contribution in [-0.2, 0) is 9.53 Å². The van der Waals surface area contributed by atoms with Crippen molar-refractivity contribution in [2.24, 2.45) is 11.3 Å². The van der Waals surface area contributed by atoms with Crippen molar-refractivity contribution < 1.29 is 19.4 Å². The predicted molar refractivity (Wildman–Crippen MR) is 67.3 cm³/mol. The van der Waals surface area contributed by atoms with Gasteiger partial charge in [0.1, 0.15) is 6.10 Å². The normalized spacial score (nSPS) is 19.4. The first-order chi connectivity index (χ1) is 8.21. The third-order valence-corrected chi connectivity index (χ3v) is 3.60. The molecule has 1 unspecified atom stereocenters. The maximum absolute atomic E-state index is 11.9. The number of carboxylic acid groups (broad SMARTS) is 1. The Morgan fingerprint density at radius 2 is 1.78 bits per heavy atom. The van der Waals surface area contributed by atoms with Gasteiger partial charge in [0.15, 0.2) is 0 Å². The lowest BCUT2D eigenvalue weighted by Crippen LogP contribution is -2.43. The fourth-order valence-corrected chi connectivity index (χ4v) is 1.71. The van der Waals surface area contributed by atoms with E-state index < -0.39 is 5.97 Å². The number of carboxylic acids is 1. The molecule has 1 saturated heterocycles. The zero-order valence-electron chi connectivity index (χ0n) is 11.6. The molecule has 0 aromatic carbocycles. The minimum atomic E-state index is -0.772. The molecule has 0 aliphatic carbocycles. The topological polar surface area (TPSA) is 66.8 Å². The first kappa shape index (κ1) is 14.8. The highest BCUT2D eigenvalue weighted by Crippen LogP contribution is 2.24. The smallest absolute Gasteiger partial charge is 0.410 e. The Balaban J connectivity index is 2.43. The lowest BCUT2D eigenvalue weighted by atomic mass is 9.90. The van der Waals surface area contributed by atoms with E-state index in [4.69, 9.17) is 9.84 Å². The van der Waals surface area contributed by atoms with Crippen LogP contribution in [0.2, 0.25) is 0 Å². The zero-order chi connectivity index (χ0) is 13.9. The number of carbonyl (C=O) groups is 2. The van der Waals surface area contributed by atoms with Crippen molar-refractivity contribution in [1.82, 2.24) is 4.90 Å². The Morgan fingerprint density at radius 1 is 1.28 bits per heavy atom. The molecule has 1 N–H and O–H groups in total. The molecule has 5 heteroatoms. The van der Waals surface area contributed by atoms with Crippen molar-refractivity contribution in [2.45, 2.75) is 46.6 Å². The molecule has 1 fully saturated rings. The minimum absolute atomic E-state index is 0.0882. The highest BCUT2D eigenvalue weighted by atomic mass is 16.6. The van der Waals surface area contributed by atoms with Crippen LogP contribution in [0.4, 0.5) is 4.79 Å². The van der Waals surface area contributed by atoms with Gasteiger partial charge in [-0.15, -0.1) is 0 Å². The second kappa shape index (κ2) is 5.59. The van der Waals surface area contributed by atoms with Crippen LogP contribution in [-0.4, -0.2) is 41.3 Å². The number of aliphatic carboxylic acids is 1. The maximum atomic E-state index is 11.9. The van der Waals surface area contributed by atoms with Crippen LogP contribution < -0.4 is 0 Å². The molecule has 104 valence electrons. The summed E-state index contributed by atoms with van der Waals surface area (Å²) in [7, 11) is 0. The number of piperidine rings is 1. The Bertz CT molecular complexity index is 313. The van der Waals surface area contributed by atoms with Gasteiger partial charge < -0.3 is 14.7 Å². The molecule has 1 heterocycles. The average Bonchev–Trinajstić information content (AvgIpc) is 2.27. The van der Waals surface area contributed by atoms with Crippen LogP contribution >= 0.6 is 0 Å². The van der Waals surface area contributed by atoms with Crippen molar-refractivity contribution in [3.8, 4) is 0 Å². The van der Waals surface area contributed by atoms with E-state index >= 15 is 0 Å². The lowest BCUT2D eigenvalue weighted by molar-refractivity contribution is -0.143. The summed E-state index contributed by atoms with van der Waals surface area (Å²) in [5.41, 5.74) is -0.0882. The van der Waals surface area contributed by atoms with E-state index in [1.807, 2.05) is 27.7 Å². The summed E-state index contributed by atoms with van der Waals surface area (Å²) in [6, 6.07) is 0. The number of amides is 1. The quantitative estimate of drug-likeness (QED) is 0.824. The molecule has 1 aliphatic rings. The molecular weight excluding hydrogens is 234 g/mol. The molecule has 1 amide bonds. The summed E-state index contributed by atoms with van der Waals surface area (Å²) in [6.07, 6.45) is 0.520. The van der Waals surface area contributed by atoms with Gasteiger partial charge >= 0.3 is 12.1 Å². The Labute approximate surface area is 108 Å². The number of hydrogen-bond acceptors (Lipinski definition) is 3. The second-order valence-electron chi connectivity index (χ2n) is 5.99. The molecule has 0 radical (unpaired) electrons. The minimum Gasteiger partial charge on any atom is -0.481 e. The summed E-state index contributed by atoms with van der Waals surface area (Å²) in [4.78, 5) is 24.3. The van der Waals surface area contributed by atoms with E-state index in [2.05, 4.69) is 0 Å². The van der Waals surface area contributed by atoms with Crippen LogP contribution in [0.15, 0.2) is 0 Å². The maximum Gasteiger partial charge on any atom is 0.410 e. The number of nitrogens with zero attached hydrogens (tertiary/aromatic N) is 1. The number of likely N-dealkylation sites (tertiary alicyclic amines) is 1. The summed E-state index contributed by atoms with van der Waals surface area (Å²) in [5, 5.41) is 8.88. The highest BCUT2D eigenvalue weighted by Gasteiger charge is 2.30. The summed E-state index contributed by atoms with van der Waals surface area (Å²) in [6.45, 7) is 8.85. The molecule has 1 rings (SSSR count). The van der Waals surface area contributed by atoms with Gasteiger partial charge in [0.25, 0.3) is 0 Å². The van der Waals surface area contributed by atoms with Gasteiger partial charge in [-0.3, -0.25) is 4.79 Å². The Kier molecular flexibility index (Phi) is 4.59. The average molecular weight is 257 g/mol. The van der Waals surface area contributed by atoms with Gasteiger partial charge in [-0.25, -0.2) is 4.79 Å². The van der Waals surface area contributed by atoms with Gasteiger partial charge in [-0.1, -0.05) is 20.8 Å². The van der Waals surface area contributed by atoms with Crippen LogP contribution in [0.5, 0.6) is 0 Å². The number of ether oxygens (including phenoxy) is 1. The van der Waals surface area contributed by atoms with Crippen LogP contribution in [0.25, 0.3) is 0 Å². The van der Waals surface area contributed by atoms with Crippen LogP contribution in [0.1, 0.15) is 40.5 Å². The molecule has 1 atom stereocenters. The van der Waals surface area contributed by atoms with Crippen molar-refractivity contribution in [2.75, 3.05) is 13.1 Å². The third kappa shape index (κ3) is 3.89. The SMILES string of the molecule is CC(OC(=O)N1CCC(C(=O)O)CC1)C(C)(C)C. The second-order valence-corrected chi connectivity index (χ2v) is 5.99. The number of rotatable bonds is 2. The molecular formula is C13H23NO4. The Morgan fingerprint density at radius 3 is 2.17 bits per heavy atom. The molecule has 1 aliphatic heterocycles. The highest BCUT2D eigenvalue weighted by molar-refractivity contribution is 5.71. The number of hydrogen-bond donors (Lipinski definition) is 1. The third-order valence-electron chi connectivity index (χ3n) is 3.60. The van der Waals surface area contributed by atoms with Crippen molar-refractivity contribution in [3.63, 3.8) is 0 Å². The first-order valence-corrected chi connectivity index (χ1v) is 6.40. The van der Waals surface area contributed by atoms with Crippen molar-refractivity contribution in [3.05, 3.63) is 0 Å². The van der Waals surface area contributed by atoms with Gasteiger partial charge in [0, 0.05) is 13.1 Å². The van der Waals surface area contributed by atoms with Gasteiger partial charge in [-0.2, -0.15) is 0 Å². The van der Waals surface area contributed by atoms with Gasteiger partial charge in [-0.05, 0) is 25.2 Å². The molecule has 0 bridgehead atoms. The van der Waals surface area contributed by atoms with Crippen LogP contribution in [0.3, 0.4) is 0 Å². The summed E-state index contributed by atoms with van der Waals surface area (Å²) >= 11 is 0. The van der Waals surface area contributed by atoms with Gasteiger partial charge in [0.05, 0.1) is 5.92 Å². The fraction of sp³-hybridized carbons (Fsp3) is 0.846. The van der Waals surface area contributed by atoms with E-state index in [1.54, 1.807) is 4.90 Å². The van der Waals surface area contributed by atoms with Crippen molar-refractivity contribution >= 4 is 12.1 Å². The largest absolute Gasteiger partial charge is 0.481 e. The van der Waals surface area contributed by atoms with Crippen LogP contribution in [0, 0.1) is 11.3 Å². The molecule has 0 aromatic rings. The van der Waals surface area contributed by atoms with E-state index in [1.165, 1.54) is 0 Å². The van der Waals surface area contributed by atoms with E-state index in [-0.39, 0.29) is 23.5 Å². The standard InChI is InChI=1S/C13H23NO4/c1-9(13(2,3)4)18-12(17)14-7-5-10(6-8-14)11(15)16/h9-10H,5-8H2,1-4H3,(H,15,16). The first-order valence-electron chi connectivity index (χ1n) is 6.40. The summed E-state index contributed by atoms with van der Waals surface area (Å²) < 4.78 is 5.39. The zero-order valence-corrected chi connectivity index (χ0v) is 11.6. The molecule has 0 saturated carbocycles. The molecule has 5 nitrogen and oxygen atoms in total. The lowest BCUT2D eigenvalue weighted by Gasteiger charge is -2.33.